The van der Waals surface area contributed by atoms with Crippen molar-refractivity contribution < 1.29 is 18.7 Å². The van der Waals surface area contributed by atoms with Crippen molar-refractivity contribution in [1.29, 1.82) is 0 Å². The van der Waals surface area contributed by atoms with Crippen molar-refractivity contribution in [1.82, 2.24) is 9.88 Å². The van der Waals surface area contributed by atoms with E-state index < -0.39 is 5.60 Å². The molecule has 2 atom stereocenters. The molecule has 0 saturated heterocycles. The van der Waals surface area contributed by atoms with Crippen molar-refractivity contribution >= 4 is 39.9 Å². The topological polar surface area (TPSA) is 51.7 Å². The molecule has 0 N–H and O–H groups in total. The van der Waals surface area contributed by atoms with E-state index in [9.17, 15) is 9.18 Å². The zero-order valence-corrected chi connectivity index (χ0v) is 25.2. The number of para-hydroxylation sites is 1. The molecular formula is C31H42ClFN2O3S. The van der Waals surface area contributed by atoms with Crippen LogP contribution in [0.1, 0.15) is 68.0 Å². The number of fused-ring (bicyclic) bond motifs is 2. The van der Waals surface area contributed by atoms with Crippen LogP contribution in [0.15, 0.2) is 42.5 Å². The van der Waals surface area contributed by atoms with E-state index in [-0.39, 0.29) is 42.6 Å². The average molecular weight is 577 g/mol. The van der Waals surface area contributed by atoms with Gasteiger partial charge in [-0.3, -0.25) is 0 Å². The molecule has 5 nitrogen and oxygen atoms in total. The number of thiazole rings is 1. The second-order valence-corrected chi connectivity index (χ2v) is 12.1. The minimum Gasteiger partial charge on any atom is -0.457 e. The first-order valence-electron chi connectivity index (χ1n) is 13.8. The first kappa shape index (κ1) is 31.5. The Morgan fingerprint density at radius 1 is 1.18 bits per heavy atom. The van der Waals surface area contributed by atoms with Crippen LogP contribution in [0, 0.1) is 11.7 Å². The maximum absolute atomic E-state index is 14.0. The molecule has 1 heterocycles. The summed E-state index contributed by atoms with van der Waals surface area (Å²) >= 11 is 1.80. The maximum atomic E-state index is 14.0. The van der Waals surface area contributed by atoms with Crippen molar-refractivity contribution in [2.24, 2.45) is 5.92 Å². The minimum atomic E-state index is -0.629. The van der Waals surface area contributed by atoms with Gasteiger partial charge in [0, 0.05) is 26.0 Å². The van der Waals surface area contributed by atoms with E-state index in [0.717, 1.165) is 61.8 Å². The maximum Gasteiger partial charge on any atom is 0.332 e. The number of rotatable bonds is 13. The molecular weight excluding hydrogens is 535 g/mol. The number of carbonyl (C=O) groups is 1. The van der Waals surface area contributed by atoms with Gasteiger partial charge in [0.15, 0.2) is 0 Å². The number of benzene rings is 2. The van der Waals surface area contributed by atoms with Gasteiger partial charge in [0.2, 0.25) is 0 Å². The van der Waals surface area contributed by atoms with Crippen molar-refractivity contribution in [3.63, 3.8) is 0 Å². The monoisotopic (exact) mass is 576 g/mol. The number of methoxy groups -OCH3 is 1. The number of unbranched alkanes of at least 4 members (excludes halogenated alkanes) is 2. The van der Waals surface area contributed by atoms with Crippen LogP contribution in [0.3, 0.4) is 0 Å². The van der Waals surface area contributed by atoms with Crippen molar-refractivity contribution in [3.05, 3.63) is 64.4 Å². The molecule has 0 unspecified atom stereocenters. The highest BCUT2D eigenvalue weighted by Gasteiger charge is 2.47. The Balaban J connectivity index is 0.00000420. The average Bonchev–Trinajstić information content (AvgIpc) is 3.30. The highest BCUT2D eigenvalue weighted by Crippen LogP contribution is 2.48. The van der Waals surface area contributed by atoms with E-state index in [1.807, 2.05) is 12.1 Å². The zero-order chi connectivity index (χ0) is 27.1. The predicted molar refractivity (Wildman–Crippen MR) is 160 cm³/mol. The summed E-state index contributed by atoms with van der Waals surface area (Å²) in [6.07, 6.45) is 6.57. The van der Waals surface area contributed by atoms with Gasteiger partial charge in [0.05, 0.1) is 15.2 Å². The number of hydrogen-bond acceptors (Lipinski definition) is 6. The lowest BCUT2D eigenvalue weighted by molar-refractivity contribution is -0.172. The molecule has 0 amide bonds. The minimum absolute atomic E-state index is 0. The largest absolute Gasteiger partial charge is 0.457 e. The van der Waals surface area contributed by atoms with Crippen LogP contribution >= 0.6 is 23.7 Å². The lowest BCUT2D eigenvalue weighted by atomic mass is 9.65. The SMILES string of the molecule is COCC(=O)O[C@]1(CCN(C)CCCCCc2nc3ccccc3s2)CCc2cc(F)ccc2[C@@H]1C(C)C.Cl. The first-order valence-corrected chi connectivity index (χ1v) is 14.6. The molecule has 1 aromatic heterocycles. The third kappa shape index (κ3) is 8.00. The molecule has 0 saturated carbocycles. The standard InChI is InChI=1S/C31H41FN2O3S.ClH/c1-22(2)30-25-14-13-24(32)20-23(25)15-16-31(30,37-29(35)21-36-4)17-19-34(3)18-9-5-6-12-28-33-26-10-7-8-11-27(26)38-28;/h7-8,10-11,13-14,20,22,30H,5-6,9,12,15-19,21H2,1-4H3;1H/t30-,31-;/m0./s1. The summed E-state index contributed by atoms with van der Waals surface area (Å²) in [6.45, 7) is 6.09. The fourth-order valence-electron chi connectivity index (χ4n) is 6.02. The Morgan fingerprint density at radius 2 is 1.97 bits per heavy atom. The summed E-state index contributed by atoms with van der Waals surface area (Å²) < 4.78 is 26.6. The quantitative estimate of drug-likeness (QED) is 0.159. The normalized spacial score (nSPS) is 18.8. The molecule has 0 fully saturated rings. The van der Waals surface area contributed by atoms with Gasteiger partial charge in [-0.05, 0) is 87.0 Å². The summed E-state index contributed by atoms with van der Waals surface area (Å²) in [5, 5.41) is 1.22. The third-order valence-electron chi connectivity index (χ3n) is 7.76. The van der Waals surface area contributed by atoms with Crippen LogP contribution in [-0.4, -0.2) is 55.3 Å². The molecule has 0 bridgehead atoms. The molecule has 0 spiro atoms. The van der Waals surface area contributed by atoms with E-state index in [1.165, 1.54) is 22.9 Å². The van der Waals surface area contributed by atoms with Crippen LogP contribution in [-0.2, 0) is 27.1 Å². The smallest absolute Gasteiger partial charge is 0.332 e. The second-order valence-electron chi connectivity index (χ2n) is 11.0. The Hall–Kier alpha value is -2.06. The summed E-state index contributed by atoms with van der Waals surface area (Å²) in [5.41, 5.74) is 2.61. The van der Waals surface area contributed by atoms with Crippen LogP contribution in [0.2, 0.25) is 0 Å². The second kappa shape index (κ2) is 14.5. The molecule has 3 aromatic rings. The molecule has 8 heteroatoms. The van der Waals surface area contributed by atoms with Crippen LogP contribution in [0.4, 0.5) is 4.39 Å². The molecule has 2 aromatic carbocycles. The van der Waals surface area contributed by atoms with Crippen molar-refractivity contribution in [2.75, 3.05) is 33.9 Å². The summed E-state index contributed by atoms with van der Waals surface area (Å²) in [7, 11) is 3.66. The Morgan fingerprint density at radius 3 is 2.72 bits per heavy atom. The van der Waals surface area contributed by atoms with Gasteiger partial charge in [-0.2, -0.15) is 0 Å². The number of hydrogen-bond donors (Lipinski definition) is 0. The van der Waals surface area contributed by atoms with E-state index in [4.69, 9.17) is 14.5 Å². The van der Waals surface area contributed by atoms with Gasteiger partial charge in [-0.1, -0.05) is 38.5 Å². The third-order valence-corrected chi connectivity index (χ3v) is 8.85. The highest BCUT2D eigenvalue weighted by molar-refractivity contribution is 7.18. The van der Waals surface area contributed by atoms with Gasteiger partial charge in [0.25, 0.3) is 0 Å². The van der Waals surface area contributed by atoms with E-state index in [2.05, 4.69) is 44.0 Å². The Bertz CT molecular complexity index is 1190. The summed E-state index contributed by atoms with van der Waals surface area (Å²) in [4.78, 5) is 19.8. The molecule has 39 heavy (non-hydrogen) atoms. The number of carbonyl (C=O) groups excluding carboxylic acids is 1. The first-order chi connectivity index (χ1) is 18.3. The number of halogens is 2. The van der Waals surface area contributed by atoms with Gasteiger partial charge in [-0.25, -0.2) is 14.2 Å². The lowest BCUT2D eigenvalue weighted by Gasteiger charge is -2.47. The van der Waals surface area contributed by atoms with Crippen LogP contribution < -0.4 is 0 Å². The van der Waals surface area contributed by atoms with E-state index in [1.54, 1.807) is 17.4 Å². The number of aryl methyl sites for hydroxylation is 2. The molecule has 0 aliphatic heterocycles. The molecule has 0 radical (unpaired) electrons. The van der Waals surface area contributed by atoms with Gasteiger partial charge in [0.1, 0.15) is 18.0 Å². The Labute approximate surface area is 242 Å². The number of aromatic nitrogens is 1. The van der Waals surface area contributed by atoms with Crippen LogP contribution in [0.25, 0.3) is 10.2 Å². The lowest BCUT2D eigenvalue weighted by Crippen LogP contribution is -2.49. The molecule has 1 aliphatic carbocycles. The van der Waals surface area contributed by atoms with Crippen molar-refractivity contribution in [2.45, 2.75) is 70.3 Å². The number of ether oxygens (including phenoxy) is 2. The van der Waals surface area contributed by atoms with Gasteiger partial charge >= 0.3 is 5.97 Å². The van der Waals surface area contributed by atoms with Crippen LogP contribution in [0.5, 0.6) is 0 Å². The molecule has 1 aliphatic rings. The highest BCUT2D eigenvalue weighted by atomic mass is 35.5. The molecule has 214 valence electrons. The number of esters is 1. The fraction of sp³-hybridized carbons (Fsp3) is 0.548. The Kier molecular flexibility index (Phi) is 11.7. The van der Waals surface area contributed by atoms with E-state index in [0.29, 0.717) is 12.8 Å². The summed E-state index contributed by atoms with van der Waals surface area (Å²) in [6, 6.07) is 13.4. The predicted octanol–water partition coefficient (Wildman–Crippen LogP) is 7.21. The molecule has 4 rings (SSSR count). The van der Waals surface area contributed by atoms with Crippen molar-refractivity contribution in [3.8, 4) is 0 Å². The number of nitrogens with zero attached hydrogens (tertiary/aromatic N) is 2. The van der Waals surface area contributed by atoms with Gasteiger partial charge in [-0.15, -0.1) is 23.7 Å². The van der Waals surface area contributed by atoms with E-state index >= 15 is 0 Å². The fourth-order valence-corrected chi connectivity index (χ4v) is 7.03. The summed E-state index contributed by atoms with van der Waals surface area (Å²) in [5.74, 6) is -0.295. The zero-order valence-electron chi connectivity index (χ0n) is 23.6. The van der Waals surface area contributed by atoms with Gasteiger partial charge < -0.3 is 14.4 Å².